The molecule has 1 unspecified atom stereocenters. The van der Waals surface area contributed by atoms with E-state index in [0.29, 0.717) is 17.7 Å². The van der Waals surface area contributed by atoms with Crippen LogP contribution in [0.1, 0.15) is 31.7 Å². The van der Waals surface area contributed by atoms with Crippen molar-refractivity contribution in [3.05, 3.63) is 75.1 Å². The molecule has 0 bridgehead atoms. The molecule has 1 heterocycles. The van der Waals surface area contributed by atoms with Gasteiger partial charge in [0.25, 0.3) is 5.69 Å². The molecular formula is C20H23N3O5. The highest BCUT2D eigenvalue weighted by Gasteiger charge is 2.35. The SMILES string of the molecule is C=CCON=CCC1=C(C)N(C)C(C)=C(C(=O)O)C1c1cccc([N+](=O)[O-])c1. The molecule has 2 rings (SSSR count). The van der Waals surface area contributed by atoms with Crippen LogP contribution in [0.2, 0.25) is 0 Å². The van der Waals surface area contributed by atoms with E-state index in [1.165, 1.54) is 12.1 Å². The second kappa shape index (κ2) is 8.98. The summed E-state index contributed by atoms with van der Waals surface area (Å²) in [5.41, 5.74) is 2.90. The van der Waals surface area contributed by atoms with E-state index in [1.54, 1.807) is 38.4 Å². The minimum absolute atomic E-state index is 0.0844. The summed E-state index contributed by atoms with van der Waals surface area (Å²) in [5, 5.41) is 24.9. The predicted octanol–water partition coefficient (Wildman–Crippen LogP) is 3.83. The van der Waals surface area contributed by atoms with Gasteiger partial charge in [0.15, 0.2) is 0 Å². The molecule has 0 saturated heterocycles. The Morgan fingerprint density at radius 1 is 1.43 bits per heavy atom. The smallest absolute Gasteiger partial charge is 0.334 e. The third kappa shape index (κ3) is 4.28. The van der Waals surface area contributed by atoms with Crippen LogP contribution in [-0.2, 0) is 9.63 Å². The van der Waals surface area contributed by atoms with Crippen LogP contribution in [-0.4, -0.2) is 40.8 Å². The topological polar surface area (TPSA) is 105 Å². The summed E-state index contributed by atoms with van der Waals surface area (Å²) >= 11 is 0. The lowest BCUT2D eigenvalue weighted by atomic mass is 9.78. The second-order valence-electron chi connectivity index (χ2n) is 6.34. The number of carbonyl (C=O) groups is 1. The molecule has 0 radical (unpaired) electrons. The Balaban J connectivity index is 2.56. The molecule has 1 aromatic carbocycles. The number of nitrogens with zero attached hydrogens (tertiary/aromatic N) is 3. The summed E-state index contributed by atoms with van der Waals surface area (Å²) in [6.45, 7) is 7.43. The maximum absolute atomic E-state index is 12.1. The van der Waals surface area contributed by atoms with Gasteiger partial charge in [0.1, 0.15) is 6.61 Å². The lowest BCUT2D eigenvalue weighted by Crippen LogP contribution is -2.29. The van der Waals surface area contributed by atoms with Crippen LogP contribution in [0.15, 0.2) is 64.6 Å². The Hall–Kier alpha value is -3.42. The van der Waals surface area contributed by atoms with Crippen molar-refractivity contribution >= 4 is 17.9 Å². The summed E-state index contributed by atoms with van der Waals surface area (Å²) in [7, 11) is 1.79. The predicted molar refractivity (Wildman–Crippen MR) is 106 cm³/mol. The summed E-state index contributed by atoms with van der Waals surface area (Å²) in [4.78, 5) is 29.6. The number of allylic oxidation sites excluding steroid dienone is 3. The van der Waals surface area contributed by atoms with E-state index in [4.69, 9.17) is 4.84 Å². The van der Waals surface area contributed by atoms with E-state index in [2.05, 4.69) is 11.7 Å². The quantitative estimate of drug-likeness (QED) is 0.240. The Kier molecular flexibility index (Phi) is 6.70. The molecule has 0 aromatic heterocycles. The van der Waals surface area contributed by atoms with Gasteiger partial charge in [-0.3, -0.25) is 10.1 Å². The van der Waals surface area contributed by atoms with Crippen LogP contribution in [0, 0.1) is 10.1 Å². The zero-order valence-electron chi connectivity index (χ0n) is 16.1. The van der Waals surface area contributed by atoms with Gasteiger partial charge in [0.2, 0.25) is 0 Å². The van der Waals surface area contributed by atoms with Crippen molar-refractivity contribution < 1.29 is 19.7 Å². The molecule has 1 aliphatic heterocycles. The van der Waals surface area contributed by atoms with Crippen molar-refractivity contribution in [3.63, 3.8) is 0 Å². The first kappa shape index (κ1) is 20.9. The van der Waals surface area contributed by atoms with Gasteiger partial charge in [-0.15, -0.1) is 0 Å². The first-order valence-electron chi connectivity index (χ1n) is 8.66. The number of rotatable bonds is 8. The third-order valence-corrected chi connectivity index (χ3v) is 4.80. The number of hydrogen-bond acceptors (Lipinski definition) is 6. The fourth-order valence-corrected chi connectivity index (χ4v) is 3.25. The largest absolute Gasteiger partial charge is 0.478 e. The minimum Gasteiger partial charge on any atom is -0.478 e. The number of benzene rings is 1. The highest BCUT2D eigenvalue weighted by atomic mass is 16.6. The van der Waals surface area contributed by atoms with Gasteiger partial charge in [0.05, 0.1) is 10.5 Å². The van der Waals surface area contributed by atoms with E-state index in [9.17, 15) is 20.0 Å². The molecule has 1 aromatic rings. The average Bonchev–Trinajstić information content (AvgIpc) is 2.66. The van der Waals surface area contributed by atoms with Crippen molar-refractivity contribution in [1.29, 1.82) is 0 Å². The van der Waals surface area contributed by atoms with Crippen molar-refractivity contribution in [1.82, 2.24) is 4.90 Å². The lowest BCUT2D eigenvalue weighted by molar-refractivity contribution is -0.384. The van der Waals surface area contributed by atoms with E-state index in [1.807, 2.05) is 11.8 Å². The number of aliphatic carboxylic acids is 1. The number of oxime groups is 1. The molecular weight excluding hydrogens is 362 g/mol. The maximum Gasteiger partial charge on any atom is 0.334 e. The van der Waals surface area contributed by atoms with Crippen molar-refractivity contribution in [3.8, 4) is 0 Å². The fourth-order valence-electron chi connectivity index (χ4n) is 3.25. The second-order valence-corrected chi connectivity index (χ2v) is 6.34. The van der Waals surface area contributed by atoms with Crippen molar-refractivity contribution in [2.75, 3.05) is 13.7 Å². The highest BCUT2D eigenvalue weighted by Crippen LogP contribution is 2.43. The number of nitro benzene ring substituents is 1. The van der Waals surface area contributed by atoms with Crippen LogP contribution >= 0.6 is 0 Å². The van der Waals surface area contributed by atoms with Crippen LogP contribution in [0.4, 0.5) is 5.69 Å². The Bertz CT molecular complexity index is 886. The first-order valence-corrected chi connectivity index (χ1v) is 8.66. The van der Waals surface area contributed by atoms with Crippen molar-refractivity contribution in [2.45, 2.75) is 26.2 Å². The molecule has 1 aliphatic rings. The molecule has 28 heavy (non-hydrogen) atoms. The molecule has 1 atom stereocenters. The van der Waals surface area contributed by atoms with Gasteiger partial charge in [-0.2, -0.15) is 0 Å². The van der Waals surface area contributed by atoms with Gasteiger partial charge >= 0.3 is 5.97 Å². The fraction of sp³-hybridized carbons (Fsp3) is 0.300. The van der Waals surface area contributed by atoms with Gasteiger partial charge in [-0.05, 0) is 25.0 Å². The highest BCUT2D eigenvalue weighted by molar-refractivity contribution is 5.91. The summed E-state index contributed by atoms with van der Waals surface area (Å²) in [6.07, 6.45) is 3.46. The van der Waals surface area contributed by atoms with E-state index in [0.717, 1.165) is 11.3 Å². The zero-order chi connectivity index (χ0) is 20.8. The lowest BCUT2D eigenvalue weighted by Gasteiger charge is -2.36. The number of carboxylic acids is 1. The minimum atomic E-state index is -1.06. The molecule has 0 spiro atoms. The number of nitro groups is 1. The van der Waals surface area contributed by atoms with Crippen LogP contribution < -0.4 is 0 Å². The van der Waals surface area contributed by atoms with E-state index >= 15 is 0 Å². The van der Waals surface area contributed by atoms with Gasteiger partial charge in [-0.1, -0.05) is 29.9 Å². The summed E-state index contributed by atoms with van der Waals surface area (Å²) in [5.74, 6) is -1.69. The molecule has 8 nitrogen and oxygen atoms in total. The molecule has 0 aliphatic carbocycles. The number of non-ortho nitro benzene ring substituents is 1. The Morgan fingerprint density at radius 3 is 2.75 bits per heavy atom. The molecule has 8 heteroatoms. The van der Waals surface area contributed by atoms with Gasteiger partial charge in [0, 0.05) is 49.1 Å². The maximum atomic E-state index is 12.1. The van der Waals surface area contributed by atoms with Crippen molar-refractivity contribution in [2.24, 2.45) is 5.16 Å². The van der Waals surface area contributed by atoms with E-state index < -0.39 is 16.8 Å². The van der Waals surface area contributed by atoms with Crippen LogP contribution in [0.3, 0.4) is 0 Å². The zero-order valence-corrected chi connectivity index (χ0v) is 16.1. The number of hydrogen-bond donors (Lipinski definition) is 1. The number of carboxylic acid groups (broad SMARTS) is 1. The summed E-state index contributed by atoms with van der Waals surface area (Å²) in [6, 6.07) is 6.08. The van der Waals surface area contributed by atoms with Gasteiger partial charge < -0.3 is 14.8 Å². The van der Waals surface area contributed by atoms with Crippen LogP contribution in [0.25, 0.3) is 0 Å². The van der Waals surface area contributed by atoms with Crippen LogP contribution in [0.5, 0.6) is 0 Å². The standard InChI is InChI=1S/C20H23N3O5/c1-5-11-28-21-10-9-17-13(2)22(4)14(3)18(20(24)25)19(17)15-7-6-8-16(12-15)23(26)27/h5-8,10,12,19H,1,9,11H2,2-4H3,(H,24,25). The molecule has 148 valence electrons. The van der Waals surface area contributed by atoms with Gasteiger partial charge in [-0.25, -0.2) is 4.79 Å². The normalized spacial score (nSPS) is 17.2. The van der Waals surface area contributed by atoms with E-state index in [-0.39, 0.29) is 17.9 Å². The Labute approximate surface area is 163 Å². The molecule has 0 fully saturated rings. The first-order chi connectivity index (χ1) is 13.3. The molecule has 1 N–H and O–H groups in total. The molecule has 0 saturated carbocycles. The average molecular weight is 385 g/mol. The summed E-state index contributed by atoms with van der Waals surface area (Å²) < 4.78 is 0. The Morgan fingerprint density at radius 2 is 2.14 bits per heavy atom. The monoisotopic (exact) mass is 385 g/mol. The third-order valence-electron chi connectivity index (χ3n) is 4.80. The molecule has 0 amide bonds.